The van der Waals surface area contributed by atoms with Gasteiger partial charge in [-0.25, -0.2) is 5.21 Å². The van der Waals surface area contributed by atoms with Gasteiger partial charge in [-0.1, -0.05) is 0 Å². The molecule has 0 aliphatic carbocycles. The van der Waals surface area contributed by atoms with E-state index in [1.165, 1.54) is 18.6 Å². The summed E-state index contributed by atoms with van der Waals surface area (Å²) in [6, 6.07) is 11.6. The Morgan fingerprint density at radius 1 is 1.08 bits per heavy atom. The summed E-state index contributed by atoms with van der Waals surface area (Å²) < 4.78 is 5.12. The molecule has 0 bridgehead atoms. The van der Waals surface area contributed by atoms with Gasteiger partial charge in [0.25, 0.3) is 4.92 Å². The van der Waals surface area contributed by atoms with Crippen molar-refractivity contribution in [2.45, 2.75) is 19.3 Å². The van der Waals surface area contributed by atoms with Crippen molar-refractivity contribution >= 4 is 17.2 Å². The summed E-state index contributed by atoms with van der Waals surface area (Å²) in [4.78, 5) is 26.2. The lowest BCUT2D eigenvalue weighted by Gasteiger charge is -2.30. The Kier molecular flexibility index (Phi) is 4.97. The molecule has 1 fully saturated rings. The lowest BCUT2D eigenvalue weighted by Crippen LogP contribution is -2.30. The molecule has 6 nitrogen and oxygen atoms in total. The van der Waals surface area contributed by atoms with E-state index >= 15 is 0 Å². The predicted octanol–water partition coefficient (Wildman–Crippen LogP) is 3.72. The van der Waals surface area contributed by atoms with Crippen LogP contribution in [0.15, 0.2) is 42.5 Å². The summed E-state index contributed by atoms with van der Waals surface area (Å²) in [5.41, 5.74) is 1.76. The number of piperidine rings is 1. The van der Waals surface area contributed by atoms with E-state index in [-0.39, 0.29) is 16.4 Å². The van der Waals surface area contributed by atoms with Gasteiger partial charge in [0.2, 0.25) is 0 Å². The summed E-state index contributed by atoms with van der Waals surface area (Å²) in [7, 11) is 1.57. The standard InChI is InChI=1S/C19H21N2O4/c1-25-16-8-5-14(6-9-16)19(22)17-13-15(21(23)24)7-10-18(17)20-11-3-2-4-12-20/h5-10,13H,2-4,11-12H2,1H3,(H,23,24)/q+1. The minimum atomic E-state index is -0.217. The van der Waals surface area contributed by atoms with Crippen LogP contribution in [0.4, 0.5) is 11.4 Å². The van der Waals surface area contributed by atoms with Gasteiger partial charge in [-0.05, 0) is 49.6 Å². The second-order valence-electron chi connectivity index (χ2n) is 6.08. The van der Waals surface area contributed by atoms with E-state index in [2.05, 4.69) is 4.90 Å². The number of ether oxygens (including phenoxy) is 1. The van der Waals surface area contributed by atoms with Gasteiger partial charge in [0.15, 0.2) is 5.78 Å². The Balaban J connectivity index is 2.02. The van der Waals surface area contributed by atoms with Crippen molar-refractivity contribution in [1.29, 1.82) is 0 Å². The topological polar surface area (TPSA) is 69.8 Å². The smallest absolute Gasteiger partial charge is 0.317 e. The third-order valence-electron chi connectivity index (χ3n) is 4.49. The third-order valence-corrected chi connectivity index (χ3v) is 4.49. The lowest BCUT2D eigenvalue weighted by atomic mass is 9.99. The van der Waals surface area contributed by atoms with E-state index in [1.54, 1.807) is 37.4 Å². The first-order valence-electron chi connectivity index (χ1n) is 8.34. The van der Waals surface area contributed by atoms with Crippen LogP contribution in [-0.2, 0) is 0 Å². The van der Waals surface area contributed by atoms with Gasteiger partial charge in [0.1, 0.15) is 5.75 Å². The molecule has 1 saturated heterocycles. The molecule has 0 amide bonds. The zero-order valence-electron chi connectivity index (χ0n) is 14.1. The first kappa shape index (κ1) is 17.0. The van der Waals surface area contributed by atoms with Crippen LogP contribution in [0.25, 0.3) is 0 Å². The van der Waals surface area contributed by atoms with E-state index in [0.717, 1.165) is 31.6 Å². The number of nitrogens with zero attached hydrogens (tertiary/aromatic N) is 2. The van der Waals surface area contributed by atoms with Crippen LogP contribution >= 0.6 is 0 Å². The van der Waals surface area contributed by atoms with E-state index < -0.39 is 0 Å². The van der Waals surface area contributed by atoms with Crippen LogP contribution in [0.3, 0.4) is 0 Å². The number of hydrogen-bond donors (Lipinski definition) is 1. The molecule has 1 N–H and O–H groups in total. The SMILES string of the molecule is COc1ccc(C(=O)c2cc([N+](=O)O)ccc2N2CCCCC2)cc1. The summed E-state index contributed by atoms with van der Waals surface area (Å²) in [5, 5.41) is 9.21. The average molecular weight is 341 g/mol. The van der Waals surface area contributed by atoms with Crippen molar-refractivity contribution in [1.82, 2.24) is 0 Å². The Labute approximate surface area is 146 Å². The third kappa shape index (κ3) is 3.63. The van der Waals surface area contributed by atoms with Gasteiger partial charge in [-0.15, -0.1) is 0 Å². The highest BCUT2D eigenvalue weighted by molar-refractivity contribution is 6.12. The van der Waals surface area contributed by atoms with Crippen molar-refractivity contribution < 1.29 is 19.7 Å². The van der Waals surface area contributed by atoms with Gasteiger partial charge in [-0.3, -0.25) is 4.79 Å². The largest absolute Gasteiger partial charge is 0.497 e. The molecule has 1 heterocycles. The Bertz CT molecular complexity index is 781. The average Bonchev–Trinajstić information content (AvgIpc) is 2.67. The molecule has 2 aromatic carbocycles. The zero-order chi connectivity index (χ0) is 17.8. The van der Waals surface area contributed by atoms with Crippen molar-refractivity contribution in [3.05, 3.63) is 58.5 Å². The normalized spacial score (nSPS) is 14.2. The van der Waals surface area contributed by atoms with Crippen molar-refractivity contribution in [2.24, 2.45) is 0 Å². The molecule has 0 spiro atoms. The van der Waals surface area contributed by atoms with Crippen LogP contribution < -0.4 is 9.64 Å². The molecule has 25 heavy (non-hydrogen) atoms. The monoisotopic (exact) mass is 341 g/mol. The first-order valence-corrected chi connectivity index (χ1v) is 8.34. The Morgan fingerprint density at radius 2 is 1.76 bits per heavy atom. The maximum atomic E-state index is 13.0. The van der Waals surface area contributed by atoms with Crippen LogP contribution in [-0.4, -0.2) is 36.1 Å². The van der Waals surface area contributed by atoms with Crippen LogP contribution in [0.1, 0.15) is 35.2 Å². The predicted molar refractivity (Wildman–Crippen MR) is 94.0 cm³/mol. The molecule has 1 aliphatic heterocycles. The summed E-state index contributed by atoms with van der Waals surface area (Å²) in [5.74, 6) is 0.481. The highest BCUT2D eigenvalue weighted by atomic mass is 16.6. The minimum Gasteiger partial charge on any atom is -0.497 e. The number of benzene rings is 2. The molecule has 0 unspecified atom stereocenters. The molecule has 3 rings (SSSR count). The number of anilines is 1. The molecule has 0 radical (unpaired) electrons. The second-order valence-corrected chi connectivity index (χ2v) is 6.08. The van der Waals surface area contributed by atoms with Crippen LogP contribution in [0, 0.1) is 4.91 Å². The highest BCUT2D eigenvalue weighted by Crippen LogP contribution is 2.30. The Morgan fingerprint density at radius 3 is 2.36 bits per heavy atom. The van der Waals surface area contributed by atoms with Crippen LogP contribution in [0.2, 0.25) is 0 Å². The Hall–Kier alpha value is -2.89. The molecule has 0 aromatic heterocycles. The van der Waals surface area contributed by atoms with Gasteiger partial charge in [0, 0.05) is 36.5 Å². The fraction of sp³-hybridized carbons (Fsp3) is 0.316. The molecule has 6 heteroatoms. The lowest BCUT2D eigenvalue weighted by molar-refractivity contribution is -0.729. The second kappa shape index (κ2) is 7.34. The molecular weight excluding hydrogens is 320 g/mol. The van der Waals surface area contributed by atoms with Crippen molar-refractivity contribution in [2.75, 3.05) is 25.1 Å². The van der Waals surface area contributed by atoms with Gasteiger partial charge >= 0.3 is 5.69 Å². The number of carbonyl (C=O) groups excluding carboxylic acids is 1. The zero-order valence-corrected chi connectivity index (χ0v) is 14.1. The molecule has 0 atom stereocenters. The first-order chi connectivity index (χ1) is 12.1. The number of ketones is 1. The van der Waals surface area contributed by atoms with Gasteiger partial charge in [0.05, 0.1) is 17.6 Å². The molecule has 1 aliphatic rings. The molecule has 2 aromatic rings. The van der Waals surface area contributed by atoms with E-state index in [0.29, 0.717) is 16.9 Å². The molecular formula is C19H21N2O4+. The number of carbonyl (C=O) groups is 1. The van der Waals surface area contributed by atoms with Crippen molar-refractivity contribution in [3.63, 3.8) is 0 Å². The van der Waals surface area contributed by atoms with E-state index in [4.69, 9.17) is 4.74 Å². The number of methoxy groups -OCH3 is 1. The fourth-order valence-electron chi connectivity index (χ4n) is 3.13. The maximum absolute atomic E-state index is 13.0. The summed E-state index contributed by atoms with van der Waals surface area (Å²) in [6.45, 7) is 1.75. The van der Waals surface area contributed by atoms with E-state index in [9.17, 15) is 14.9 Å². The minimum absolute atomic E-state index is 0.0395. The quantitative estimate of drug-likeness (QED) is 0.663. The van der Waals surface area contributed by atoms with Gasteiger partial charge < -0.3 is 9.64 Å². The van der Waals surface area contributed by atoms with Crippen LogP contribution in [0.5, 0.6) is 5.75 Å². The van der Waals surface area contributed by atoms with E-state index in [1.807, 2.05) is 0 Å². The number of hydrogen-bond acceptors (Lipinski definition) is 4. The number of rotatable bonds is 5. The van der Waals surface area contributed by atoms with Crippen molar-refractivity contribution in [3.8, 4) is 5.75 Å². The van der Waals surface area contributed by atoms with Gasteiger partial charge in [-0.2, -0.15) is 0 Å². The summed E-state index contributed by atoms with van der Waals surface area (Å²) >= 11 is 0. The maximum Gasteiger partial charge on any atom is 0.317 e. The fourth-order valence-corrected chi connectivity index (χ4v) is 3.13. The summed E-state index contributed by atoms with van der Waals surface area (Å²) in [6.07, 6.45) is 3.33. The highest BCUT2D eigenvalue weighted by Gasteiger charge is 2.24. The molecule has 130 valence electrons. The molecule has 0 saturated carbocycles.